The SMILES string of the molecule is CCC1CC(C)CC(C)[N+]2(CCCCC2)C1. The standard InChI is InChI=1S/C15H30N/c1-4-15-11-13(2)10-14(3)16(12-15)8-6-5-7-9-16/h13-15H,4-12H2,1-3H3/q+1. The minimum Gasteiger partial charge on any atom is -0.321 e. The van der Waals surface area contributed by atoms with Gasteiger partial charge in [-0.3, -0.25) is 0 Å². The van der Waals surface area contributed by atoms with Crippen molar-refractivity contribution in [2.45, 2.75) is 65.3 Å². The summed E-state index contributed by atoms with van der Waals surface area (Å²) < 4.78 is 1.48. The van der Waals surface area contributed by atoms with Crippen LogP contribution in [0.2, 0.25) is 0 Å². The molecular weight excluding hydrogens is 194 g/mol. The Morgan fingerprint density at radius 1 is 1.00 bits per heavy atom. The maximum absolute atomic E-state index is 2.53. The molecular formula is C15H30N+. The fraction of sp³-hybridized carbons (Fsp3) is 1.00. The summed E-state index contributed by atoms with van der Waals surface area (Å²) in [6, 6.07) is 0.923. The highest BCUT2D eigenvalue weighted by molar-refractivity contribution is 4.73. The lowest BCUT2D eigenvalue weighted by atomic mass is 9.92. The van der Waals surface area contributed by atoms with E-state index in [0.717, 1.165) is 17.9 Å². The molecule has 3 atom stereocenters. The topological polar surface area (TPSA) is 0 Å². The van der Waals surface area contributed by atoms with Gasteiger partial charge in [-0.05, 0) is 44.9 Å². The summed E-state index contributed by atoms with van der Waals surface area (Å²) in [6.07, 6.45) is 8.80. The van der Waals surface area contributed by atoms with Gasteiger partial charge in [0.1, 0.15) is 0 Å². The first kappa shape index (κ1) is 12.4. The number of nitrogens with zero attached hydrogens (tertiary/aromatic N) is 1. The van der Waals surface area contributed by atoms with Crippen LogP contribution in [0.4, 0.5) is 0 Å². The molecule has 2 heterocycles. The van der Waals surface area contributed by atoms with Crippen LogP contribution in [-0.4, -0.2) is 30.2 Å². The number of hydrogen-bond acceptors (Lipinski definition) is 0. The molecule has 0 saturated carbocycles. The average Bonchev–Trinajstić information content (AvgIpc) is 2.39. The van der Waals surface area contributed by atoms with Crippen molar-refractivity contribution in [3.63, 3.8) is 0 Å². The van der Waals surface area contributed by atoms with Gasteiger partial charge in [0, 0.05) is 12.3 Å². The van der Waals surface area contributed by atoms with E-state index in [0.29, 0.717) is 0 Å². The molecule has 0 amide bonds. The third kappa shape index (κ3) is 2.45. The molecule has 1 heteroatoms. The lowest BCUT2D eigenvalue weighted by Gasteiger charge is -2.46. The van der Waals surface area contributed by atoms with Crippen LogP contribution in [0.25, 0.3) is 0 Å². The fourth-order valence-electron chi connectivity index (χ4n) is 4.30. The zero-order valence-corrected chi connectivity index (χ0v) is 11.5. The Hall–Kier alpha value is -0.0400. The van der Waals surface area contributed by atoms with Gasteiger partial charge in [0.25, 0.3) is 0 Å². The Balaban J connectivity index is 2.13. The molecule has 0 radical (unpaired) electrons. The maximum atomic E-state index is 2.53. The van der Waals surface area contributed by atoms with Gasteiger partial charge < -0.3 is 4.48 Å². The van der Waals surface area contributed by atoms with E-state index in [1.165, 1.54) is 62.6 Å². The Kier molecular flexibility index (Phi) is 3.94. The second kappa shape index (κ2) is 5.08. The van der Waals surface area contributed by atoms with Gasteiger partial charge in [0.05, 0.1) is 25.7 Å². The number of quaternary nitrogens is 1. The van der Waals surface area contributed by atoms with Crippen LogP contribution in [0.1, 0.15) is 59.3 Å². The number of hydrogen-bond donors (Lipinski definition) is 0. The van der Waals surface area contributed by atoms with Gasteiger partial charge in [-0.15, -0.1) is 0 Å². The highest BCUT2D eigenvalue weighted by atomic mass is 15.4. The highest BCUT2D eigenvalue weighted by Crippen LogP contribution is 2.35. The minimum absolute atomic E-state index is 0.923. The molecule has 94 valence electrons. The van der Waals surface area contributed by atoms with E-state index in [4.69, 9.17) is 0 Å². The van der Waals surface area contributed by atoms with E-state index in [1.54, 1.807) is 0 Å². The number of rotatable bonds is 1. The lowest BCUT2D eigenvalue weighted by Crippen LogP contribution is -2.58. The van der Waals surface area contributed by atoms with Crippen molar-refractivity contribution >= 4 is 0 Å². The molecule has 0 N–H and O–H groups in total. The first-order valence-corrected chi connectivity index (χ1v) is 7.52. The molecule has 16 heavy (non-hydrogen) atoms. The van der Waals surface area contributed by atoms with E-state index >= 15 is 0 Å². The predicted molar refractivity (Wildman–Crippen MR) is 70.4 cm³/mol. The predicted octanol–water partition coefficient (Wildman–Crippen LogP) is 3.83. The summed E-state index contributed by atoms with van der Waals surface area (Å²) in [7, 11) is 0. The smallest absolute Gasteiger partial charge is 0.0864 e. The molecule has 1 nitrogen and oxygen atoms in total. The molecule has 0 aliphatic carbocycles. The second-order valence-corrected chi connectivity index (χ2v) is 6.61. The molecule has 2 aliphatic heterocycles. The van der Waals surface area contributed by atoms with E-state index in [-0.39, 0.29) is 0 Å². The van der Waals surface area contributed by atoms with Gasteiger partial charge in [-0.1, -0.05) is 13.8 Å². The van der Waals surface area contributed by atoms with Crippen LogP contribution in [0.5, 0.6) is 0 Å². The Morgan fingerprint density at radius 2 is 1.69 bits per heavy atom. The van der Waals surface area contributed by atoms with Crippen LogP contribution < -0.4 is 0 Å². The molecule has 0 aromatic heterocycles. The van der Waals surface area contributed by atoms with Crippen molar-refractivity contribution in [2.75, 3.05) is 19.6 Å². The molecule has 2 saturated heterocycles. The van der Waals surface area contributed by atoms with Crippen LogP contribution in [0, 0.1) is 11.8 Å². The van der Waals surface area contributed by atoms with Gasteiger partial charge in [-0.2, -0.15) is 0 Å². The monoisotopic (exact) mass is 224 g/mol. The summed E-state index contributed by atoms with van der Waals surface area (Å²) >= 11 is 0. The summed E-state index contributed by atoms with van der Waals surface area (Å²) in [5.74, 6) is 1.96. The van der Waals surface area contributed by atoms with Crippen molar-refractivity contribution in [3.8, 4) is 0 Å². The van der Waals surface area contributed by atoms with Crippen LogP contribution in [0.15, 0.2) is 0 Å². The highest BCUT2D eigenvalue weighted by Gasteiger charge is 2.40. The summed E-state index contributed by atoms with van der Waals surface area (Å²) in [4.78, 5) is 0. The van der Waals surface area contributed by atoms with Gasteiger partial charge >= 0.3 is 0 Å². The normalized spacial score (nSPS) is 39.6. The third-order valence-corrected chi connectivity index (χ3v) is 5.32. The molecule has 3 unspecified atom stereocenters. The molecule has 0 aromatic carbocycles. The Morgan fingerprint density at radius 3 is 2.31 bits per heavy atom. The third-order valence-electron chi connectivity index (χ3n) is 5.32. The molecule has 2 rings (SSSR count). The first-order valence-electron chi connectivity index (χ1n) is 7.52. The molecule has 0 aromatic rings. The lowest BCUT2D eigenvalue weighted by molar-refractivity contribution is -0.955. The van der Waals surface area contributed by atoms with Crippen molar-refractivity contribution in [1.29, 1.82) is 0 Å². The average molecular weight is 224 g/mol. The summed E-state index contributed by atoms with van der Waals surface area (Å²) in [5.41, 5.74) is 0. The first-order chi connectivity index (χ1) is 7.66. The van der Waals surface area contributed by atoms with Crippen molar-refractivity contribution in [1.82, 2.24) is 0 Å². The van der Waals surface area contributed by atoms with E-state index in [2.05, 4.69) is 20.8 Å². The summed E-state index contributed by atoms with van der Waals surface area (Å²) in [6.45, 7) is 11.8. The quantitative estimate of drug-likeness (QED) is 0.594. The molecule has 2 fully saturated rings. The maximum Gasteiger partial charge on any atom is 0.0864 e. The zero-order valence-electron chi connectivity index (χ0n) is 11.5. The van der Waals surface area contributed by atoms with Gasteiger partial charge in [0.2, 0.25) is 0 Å². The number of piperidine rings is 1. The van der Waals surface area contributed by atoms with Gasteiger partial charge in [0.15, 0.2) is 0 Å². The minimum atomic E-state index is 0.923. The molecule has 0 bridgehead atoms. The van der Waals surface area contributed by atoms with E-state index < -0.39 is 0 Å². The largest absolute Gasteiger partial charge is 0.321 e. The van der Waals surface area contributed by atoms with Crippen LogP contribution in [0.3, 0.4) is 0 Å². The van der Waals surface area contributed by atoms with E-state index in [9.17, 15) is 0 Å². The summed E-state index contributed by atoms with van der Waals surface area (Å²) in [5, 5.41) is 0. The van der Waals surface area contributed by atoms with Crippen LogP contribution >= 0.6 is 0 Å². The van der Waals surface area contributed by atoms with E-state index in [1.807, 2.05) is 0 Å². The fourth-order valence-corrected chi connectivity index (χ4v) is 4.30. The van der Waals surface area contributed by atoms with Crippen LogP contribution in [-0.2, 0) is 0 Å². The Labute approximate surface area is 102 Å². The van der Waals surface area contributed by atoms with Crippen molar-refractivity contribution in [3.05, 3.63) is 0 Å². The second-order valence-electron chi connectivity index (χ2n) is 6.61. The molecule has 2 aliphatic rings. The van der Waals surface area contributed by atoms with Gasteiger partial charge in [-0.25, -0.2) is 0 Å². The molecule has 1 spiro atoms. The van der Waals surface area contributed by atoms with Crippen molar-refractivity contribution in [2.24, 2.45) is 11.8 Å². The Bertz CT molecular complexity index is 217. The van der Waals surface area contributed by atoms with Crippen molar-refractivity contribution < 1.29 is 4.48 Å². The zero-order chi connectivity index (χ0) is 11.6.